The van der Waals surface area contributed by atoms with Crippen LogP contribution in [0.3, 0.4) is 0 Å². The van der Waals surface area contributed by atoms with E-state index in [4.69, 9.17) is 18.9 Å². The summed E-state index contributed by atoms with van der Waals surface area (Å²) in [5, 5.41) is 25.1. The van der Waals surface area contributed by atoms with E-state index >= 15 is 0 Å². The van der Waals surface area contributed by atoms with Gasteiger partial charge in [-0.05, 0) is 60.3 Å². The number of rotatable bonds is 20. The van der Waals surface area contributed by atoms with Gasteiger partial charge in [-0.2, -0.15) is 0 Å². The number of hydrogen-bond donors (Lipinski definition) is 4. The summed E-state index contributed by atoms with van der Waals surface area (Å²) in [7, 11) is 2.02. The van der Waals surface area contributed by atoms with Crippen molar-refractivity contribution < 1.29 is 48.3 Å². The lowest BCUT2D eigenvalue weighted by Gasteiger charge is -2.22. The number of nitrogens with zero attached hydrogens (tertiary/aromatic N) is 1. The molecular formula is C26H49N3O10. The molecule has 2 unspecified atom stereocenters. The Bertz CT molecular complexity index is 727. The molecule has 0 aliphatic carbocycles. The first-order valence-electron chi connectivity index (χ1n) is 13.4. The summed E-state index contributed by atoms with van der Waals surface area (Å²) in [6, 6.07) is 0. The molecule has 228 valence electrons. The molecule has 0 spiro atoms. The molecule has 0 saturated heterocycles. The summed E-state index contributed by atoms with van der Waals surface area (Å²) in [4.78, 5) is 49.0. The predicted molar refractivity (Wildman–Crippen MR) is 143 cm³/mol. The van der Waals surface area contributed by atoms with Gasteiger partial charge in [-0.25, -0.2) is 4.79 Å². The molecule has 0 aliphatic rings. The van der Waals surface area contributed by atoms with Crippen LogP contribution >= 0.6 is 0 Å². The maximum Gasteiger partial charge on any atom is 0.407 e. The fourth-order valence-corrected chi connectivity index (χ4v) is 2.88. The van der Waals surface area contributed by atoms with Crippen molar-refractivity contribution in [3.63, 3.8) is 0 Å². The number of nitrogens with one attached hydrogen (secondary N) is 2. The van der Waals surface area contributed by atoms with Crippen LogP contribution in [-0.4, -0.2) is 117 Å². The first kappa shape index (κ1) is 36.5. The lowest BCUT2D eigenvalue weighted by Crippen LogP contribution is -2.37. The number of esters is 3. The minimum atomic E-state index is -1.22. The maximum atomic E-state index is 11.8. The number of aliphatic hydroxyl groups excluding tert-OH is 2. The molecular weight excluding hydrogens is 514 g/mol. The molecule has 0 heterocycles. The van der Waals surface area contributed by atoms with E-state index in [2.05, 4.69) is 36.3 Å². The van der Waals surface area contributed by atoms with Gasteiger partial charge >= 0.3 is 24.0 Å². The third-order valence-electron chi connectivity index (χ3n) is 5.12. The number of aliphatic hydroxyl groups is 2. The van der Waals surface area contributed by atoms with Gasteiger partial charge in [-0.15, -0.1) is 0 Å². The summed E-state index contributed by atoms with van der Waals surface area (Å²) in [6.07, 6.45) is -1.73. The second-order valence-electron chi connectivity index (χ2n) is 10.6. The van der Waals surface area contributed by atoms with E-state index < -0.39 is 55.3 Å². The fraction of sp³-hybridized carbons (Fsp3) is 0.846. The van der Waals surface area contributed by atoms with Crippen LogP contribution in [0.5, 0.6) is 0 Å². The molecule has 0 aromatic carbocycles. The molecule has 4 N–H and O–H groups in total. The summed E-state index contributed by atoms with van der Waals surface area (Å²) in [5.74, 6) is -2.42. The molecule has 0 saturated carbocycles. The Labute approximate surface area is 231 Å². The molecule has 0 aliphatic heterocycles. The van der Waals surface area contributed by atoms with Crippen molar-refractivity contribution in [2.45, 2.75) is 78.0 Å². The van der Waals surface area contributed by atoms with Crippen molar-refractivity contribution in [3.05, 3.63) is 0 Å². The number of alkyl carbamates (subject to hydrolysis) is 1. The Kier molecular flexibility index (Phi) is 19.1. The van der Waals surface area contributed by atoms with Crippen molar-refractivity contribution in [1.29, 1.82) is 0 Å². The highest BCUT2D eigenvalue weighted by atomic mass is 16.6. The van der Waals surface area contributed by atoms with Crippen molar-refractivity contribution in [1.82, 2.24) is 15.5 Å². The predicted octanol–water partition coefficient (Wildman–Crippen LogP) is 0.600. The summed E-state index contributed by atoms with van der Waals surface area (Å²) in [5.41, 5.74) is 0.105. The van der Waals surface area contributed by atoms with Crippen LogP contribution in [-0.2, 0) is 33.3 Å². The summed E-state index contributed by atoms with van der Waals surface area (Å²) in [6.45, 7) is 11.1. The standard InChI is InChI=1S/C26H49N3O10/c1-19(2)24(34)39-21(15-30)18-37-23(33)10-9-22(32)36-16-20(31)17-38-25(35)27-11-7-13-29(6)14-8-12-28-26(3,4)5/h19-21,28,30-31H,7-18H2,1-6H3,(H,27,35). The molecule has 0 bridgehead atoms. The van der Waals surface area contributed by atoms with E-state index in [9.17, 15) is 29.4 Å². The smallest absolute Gasteiger partial charge is 0.407 e. The SMILES string of the molecule is CC(C)C(=O)OC(CO)COC(=O)CCC(=O)OCC(O)COC(=O)NCCCN(C)CCCNC(C)(C)C. The Balaban J connectivity index is 3.89. The molecule has 0 aromatic heterocycles. The number of carbonyl (C=O) groups excluding carboxylic acids is 4. The van der Waals surface area contributed by atoms with E-state index in [1.54, 1.807) is 13.8 Å². The average molecular weight is 564 g/mol. The third-order valence-corrected chi connectivity index (χ3v) is 5.12. The first-order chi connectivity index (χ1) is 18.2. The third kappa shape index (κ3) is 22.1. The van der Waals surface area contributed by atoms with Gasteiger partial charge in [0.1, 0.15) is 25.9 Å². The highest BCUT2D eigenvalue weighted by molar-refractivity contribution is 5.77. The Morgan fingerprint density at radius 3 is 1.95 bits per heavy atom. The summed E-state index contributed by atoms with van der Waals surface area (Å²) < 4.78 is 19.7. The fourth-order valence-electron chi connectivity index (χ4n) is 2.88. The van der Waals surface area contributed by atoms with Gasteiger partial charge in [-0.1, -0.05) is 13.8 Å². The van der Waals surface area contributed by atoms with Crippen molar-refractivity contribution >= 4 is 24.0 Å². The lowest BCUT2D eigenvalue weighted by atomic mass is 10.1. The van der Waals surface area contributed by atoms with Crippen LogP contribution in [0.4, 0.5) is 4.79 Å². The zero-order valence-corrected chi connectivity index (χ0v) is 24.3. The van der Waals surface area contributed by atoms with Gasteiger partial charge in [-0.3, -0.25) is 14.4 Å². The highest BCUT2D eigenvalue weighted by Gasteiger charge is 2.19. The van der Waals surface area contributed by atoms with Crippen LogP contribution < -0.4 is 10.6 Å². The maximum absolute atomic E-state index is 11.8. The molecule has 0 aromatic rings. The zero-order chi connectivity index (χ0) is 29.8. The van der Waals surface area contributed by atoms with E-state index in [0.717, 1.165) is 32.5 Å². The zero-order valence-electron chi connectivity index (χ0n) is 24.3. The van der Waals surface area contributed by atoms with Crippen molar-refractivity contribution in [2.75, 3.05) is 59.7 Å². The van der Waals surface area contributed by atoms with Crippen LogP contribution in [0, 0.1) is 5.92 Å². The summed E-state index contributed by atoms with van der Waals surface area (Å²) >= 11 is 0. The minimum absolute atomic E-state index is 0.105. The van der Waals surface area contributed by atoms with Crippen LogP contribution in [0.25, 0.3) is 0 Å². The Morgan fingerprint density at radius 2 is 1.41 bits per heavy atom. The molecule has 2 atom stereocenters. The van der Waals surface area contributed by atoms with E-state index in [-0.39, 0.29) is 31.6 Å². The van der Waals surface area contributed by atoms with Crippen LogP contribution in [0.2, 0.25) is 0 Å². The molecule has 39 heavy (non-hydrogen) atoms. The van der Waals surface area contributed by atoms with Gasteiger partial charge in [0.05, 0.1) is 25.4 Å². The average Bonchev–Trinajstić information content (AvgIpc) is 2.86. The molecule has 1 amide bonds. The van der Waals surface area contributed by atoms with Gasteiger partial charge in [0.25, 0.3) is 0 Å². The monoisotopic (exact) mass is 563 g/mol. The van der Waals surface area contributed by atoms with Crippen LogP contribution in [0.15, 0.2) is 0 Å². The van der Waals surface area contributed by atoms with Crippen molar-refractivity contribution in [3.8, 4) is 0 Å². The van der Waals surface area contributed by atoms with Gasteiger partial charge < -0.3 is 44.7 Å². The highest BCUT2D eigenvalue weighted by Crippen LogP contribution is 2.04. The largest absolute Gasteiger partial charge is 0.463 e. The molecule has 13 nitrogen and oxygen atoms in total. The number of carbonyl (C=O) groups is 4. The molecule has 0 radical (unpaired) electrons. The number of amides is 1. The van der Waals surface area contributed by atoms with E-state index in [1.165, 1.54) is 0 Å². The van der Waals surface area contributed by atoms with Gasteiger partial charge in [0.15, 0.2) is 6.10 Å². The van der Waals surface area contributed by atoms with Crippen molar-refractivity contribution in [2.24, 2.45) is 5.92 Å². The second kappa shape index (κ2) is 20.4. The van der Waals surface area contributed by atoms with Crippen LogP contribution in [0.1, 0.15) is 60.3 Å². The minimum Gasteiger partial charge on any atom is -0.463 e. The second-order valence-corrected chi connectivity index (χ2v) is 10.6. The number of hydrogen-bond acceptors (Lipinski definition) is 12. The Morgan fingerprint density at radius 1 is 0.872 bits per heavy atom. The normalized spacial score (nSPS) is 13.1. The quantitative estimate of drug-likeness (QED) is 0.0924. The van der Waals surface area contributed by atoms with Gasteiger partial charge in [0.2, 0.25) is 0 Å². The van der Waals surface area contributed by atoms with Gasteiger partial charge in [0, 0.05) is 12.1 Å². The van der Waals surface area contributed by atoms with E-state index in [1.807, 2.05) is 7.05 Å². The topological polar surface area (TPSA) is 173 Å². The van der Waals surface area contributed by atoms with E-state index in [0.29, 0.717) is 6.54 Å². The lowest BCUT2D eigenvalue weighted by molar-refractivity contribution is -0.164. The Hall–Kier alpha value is -2.48. The molecule has 0 fully saturated rings. The number of ether oxygens (including phenoxy) is 4. The first-order valence-corrected chi connectivity index (χ1v) is 13.4. The molecule has 0 rings (SSSR count). The molecule has 13 heteroatoms.